The van der Waals surface area contributed by atoms with Gasteiger partial charge >= 0.3 is 0 Å². The van der Waals surface area contributed by atoms with E-state index in [0.717, 1.165) is 31.5 Å². The number of methoxy groups -OCH3 is 3. The van der Waals surface area contributed by atoms with Crippen molar-refractivity contribution in [2.24, 2.45) is 0 Å². The second-order valence-electron chi connectivity index (χ2n) is 7.44. The number of piperidine rings is 1. The van der Waals surface area contributed by atoms with Gasteiger partial charge in [-0.1, -0.05) is 18.2 Å². The second kappa shape index (κ2) is 9.67. The molecule has 1 aliphatic heterocycles. The zero-order valence-electron chi connectivity index (χ0n) is 18.0. The summed E-state index contributed by atoms with van der Waals surface area (Å²) in [6, 6.07) is 9.11. The van der Waals surface area contributed by atoms with Crippen molar-refractivity contribution in [1.29, 1.82) is 0 Å². The Morgan fingerprint density at radius 1 is 1.03 bits per heavy atom. The fourth-order valence-electron chi connectivity index (χ4n) is 3.95. The number of benzene rings is 2. The summed E-state index contributed by atoms with van der Waals surface area (Å²) in [7, 11) is 6.71. The van der Waals surface area contributed by atoms with Crippen LogP contribution in [-0.2, 0) is 0 Å². The first-order valence-corrected chi connectivity index (χ1v) is 10.0. The lowest BCUT2D eigenvalue weighted by atomic mass is 9.86. The highest BCUT2D eigenvalue weighted by Gasteiger charge is 2.29. The molecule has 0 saturated carbocycles. The molecule has 0 spiro atoms. The van der Waals surface area contributed by atoms with E-state index < -0.39 is 0 Å². The van der Waals surface area contributed by atoms with Gasteiger partial charge in [0.2, 0.25) is 0 Å². The summed E-state index contributed by atoms with van der Waals surface area (Å²) < 4.78 is 16.3. The highest BCUT2D eigenvalue weighted by Crippen LogP contribution is 2.45. The van der Waals surface area contributed by atoms with Gasteiger partial charge < -0.3 is 24.2 Å². The molecule has 2 aromatic rings. The molecule has 0 atom stereocenters. The number of allylic oxidation sites excluding steroid dienone is 1. The van der Waals surface area contributed by atoms with Crippen LogP contribution in [0.25, 0.3) is 6.08 Å². The molecule has 3 rings (SSSR count). The molecule has 1 aliphatic rings. The van der Waals surface area contributed by atoms with E-state index in [0.29, 0.717) is 17.1 Å². The Hall–Kier alpha value is -2.99. The summed E-state index contributed by atoms with van der Waals surface area (Å²) >= 11 is 0. The molecule has 30 heavy (non-hydrogen) atoms. The van der Waals surface area contributed by atoms with E-state index in [9.17, 15) is 9.90 Å². The largest absolute Gasteiger partial charge is 0.507 e. The van der Waals surface area contributed by atoms with Crippen LogP contribution in [0.3, 0.4) is 0 Å². The van der Waals surface area contributed by atoms with E-state index in [4.69, 9.17) is 14.2 Å². The third kappa shape index (κ3) is 4.44. The average molecular weight is 411 g/mol. The summed E-state index contributed by atoms with van der Waals surface area (Å²) in [5.41, 5.74) is 1.61. The SMILES string of the molecule is COc1ccccc1/C=C/C(=O)c1c(OC)cc(OC)c(C2CCN(C)CC2)c1O. The van der Waals surface area contributed by atoms with Crippen LogP contribution in [0.15, 0.2) is 36.4 Å². The number of nitrogens with zero attached hydrogens (tertiary/aromatic N) is 1. The van der Waals surface area contributed by atoms with Crippen molar-refractivity contribution in [3.63, 3.8) is 0 Å². The Morgan fingerprint density at radius 2 is 1.67 bits per heavy atom. The maximum atomic E-state index is 13.1. The van der Waals surface area contributed by atoms with E-state index in [1.54, 1.807) is 26.4 Å². The van der Waals surface area contributed by atoms with Crippen LogP contribution in [0.2, 0.25) is 0 Å². The van der Waals surface area contributed by atoms with Crippen LogP contribution < -0.4 is 14.2 Å². The summed E-state index contributed by atoms with van der Waals surface area (Å²) in [4.78, 5) is 15.3. The molecule has 160 valence electrons. The number of carbonyl (C=O) groups excluding carboxylic acids is 1. The van der Waals surface area contributed by atoms with Gasteiger partial charge in [0.1, 0.15) is 28.6 Å². The number of hydrogen-bond acceptors (Lipinski definition) is 6. The van der Waals surface area contributed by atoms with Gasteiger partial charge in [-0.25, -0.2) is 0 Å². The summed E-state index contributed by atoms with van der Waals surface area (Å²) in [6.07, 6.45) is 4.88. The molecular weight excluding hydrogens is 382 g/mol. The standard InChI is InChI=1S/C24H29NO5/c1-25-13-11-17(12-14-25)22-20(29-3)15-21(30-4)23(24(22)27)18(26)10-9-16-7-5-6-8-19(16)28-2/h5-10,15,17,27H,11-14H2,1-4H3/b10-9+. The Labute approximate surface area is 177 Å². The van der Waals surface area contributed by atoms with E-state index in [1.807, 2.05) is 24.3 Å². The molecule has 0 aromatic heterocycles. The molecule has 1 fully saturated rings. The highest BCUT2D eigenvalue weighted by molar-refractivity contribution is 6.11. The predicted molar refractivity (Wildman–Crippen MR) is 117 cm³/mol. The van der Waals surface area contributed by atoms with Crippen molar-refractivity contribution in [2.45, 2.75) is 18.8 Å². The van der Waals surface area contributed by atoms with Crippen LogP contribution in [-0.4, -0.2) is 57.3 Å². The maximum absolute atomic E-state index is 13.1. The van der Waals surface area contributed by atoms with Crippen molar-refractivity contribution in [1.82, 2.24) is 4.90 Å². The molecule has 2 aromatic carbocycles. The molecule has 1 saturated heterocycles. The van der Waals surface area contributed by atoms with E-state index in [-0.39, 0.29) is 28.8 Å². The van der Waals surface area contributed by atoms with Gasteiger partial charge in [-0.3, -0.25) is 4.79 Å². The van der Waals surface area contributed by atoms with Crippen molar-refractivity contribution < 1.29 is 24.1 Å². The second-order valence-corrected chi connectivity index (χ2v) is 7.44. The lowest BCUT2D eigenvalue weighted by Crippen LogP contribution is -2.29. The molecule has 0 radical (unpaired) electrons. The first-order chi connectivity index (χ1) is 14.5. The van der Waals surface area contributed by atoms with Crippen molar-refractivity contribution in [2.75, 3.05) is 41.5 Å². The smallest absolute Gasteiger partial charge is 0.193 e. The first-order valence-electron chi connectivity index (χ1n) is 10.0. The Kier molecular flexibility index (Phi) is 7.00. The minimum Gasteiger partial charge on any atom is -0.507 e. The van der Waals surface area contributed by atoms with Crippen LogP contribution in [0.4, 0.5) is 0 Å². The van der Waals surface area contributed by atoms with Gasteiger partial charge in [-0.2, -0.15) is 0 Å². The molecule has 1 heterocycles. The number of phenolic OH excluding ortho intramolecular Hbond substituents is 1. The van der Waals surface area contributed by atoms with Gasteiger partial charge in [0.15, 0.2) is 5.78 Å². The van der Waals surface area contributed by atoms with Crippen LogP contribution in [0.1, 0.15) is 40.2 Å². The molecule has 0 amide bonds. The third-order valence-corrected chi connectivity index (χ3v) is 5.63. The summed E-state index contributed by atoms with van der Waals surface area (Å²) in [5, 5.41) is 11.1. The minimum absolute atomic E-state index is 0.0598. The lowest BCUT2D eigenvalue weighted by Gasteiger charge is -2.31. The van der Waals surface area contributed by atoms with E-state index >= 15 is 0 Å². The Balaban J connectivity index is 2.01. The third-order valence-electron chi connectivity index (χ3n) is 5.63. The number of hydrogen-bond donors (Lipinski definition) is 1. The molecular formula is C24H29NO5. The van der Waals surface area contributed by atoms with Crippen molar-refractivity contribution >= 4 is 11.9 Å². The highest BCUT2D eigenvalue weighted by atomic mass is 16.5. The fourth-order valence-corrected chi connectivity index (χ4v) is 3.95. The van der Waals surface area contributed by atoms with Crippen molar-refractivity contribution in [3.05, 3.63) is 53.1 Å². The van der Waals surface area contributed by atoms with Crippen LogP contribution >= 0.6 is 0 Å². The summed E-state index contributed by atoms with van der Waals surface area (Å²) in [6.45, 7) is 1.85. The zero-order chi connectivity index (χ0) is 21.7. The molecule has 0 bridgehead atoms. The van der Waals surface area contributed by atoms with Gasteiger partial charge in [0, 0.05) is 17.2 Å². The normalized spacial score (nSPS) is 15.3. The quantitative estimate of drug-likeness (QED) is 0.546. The summed E-state index contributed by atoms with van der Waals surface area (Å²) in [5.74, 6) is 1.22. The van der Waals surface area contributed by atoms with Crippen LogP contribution in [0, 0.1) is 0 Å². The fraction of sp³-hybridized carbons (Fsp3) is 0.375. The molecule has 6 nitrogen and oxygen atoms in total. The van der Waals surface area contributed by atoms with Gasteiger partial charge in [0.05, 0.1) is 21.3 Å². The van der Waals surface area contributed by atoms with E-state index in [2.05, 4.69) is 11.9 Å². The monoisotopic (exact) mass is 411 g/mol. The molecule has 0 aliphatic carbocycles. The van der Waals surface area contributed by atoms with Crippen molar-refractivity contribution in [3.8, 4) is 23.0 Å². The number of aromatic hydroxyl groups is 1. The first kappa shape index (κ1) is 21.7. The van der Waals surface area contributed by atoms with Gasteiger partial charge in [0.25, 0.3) is 0 Å². The Bertz CT molecular complexity index is 929. The molecule has 1 N–H and O–H groups in total. The van der Waals surface area contributed by atoms with E-state index in [1.165, 1.54) is 13.2 Å². The zero-order valence-corrected chi connectivity index (χ0v) is 18.0. The number of ether oxygens (including phenoxy) is 3. The number of carbonyl (C=O) groups is 1. The minimum atomic E-state index is -0.341. The van der Waals surface area contributed by atoms with Gasteiger partial charge in [-0.05, 0) is 57.1 Å². The molecule has 6 heteroatoms. The maximum Gasteiger partial charge on any atom is 0.193 e. The number of phenols is 1. The lowest BCUT2D eigenvalue weighted by molar-refractivity contribution is 0.104. The number of likely N-dealkylation sites (tertiary alicyclic amines) is 1. The number of ketones is 1. The van der Waals surface area contributed by atoms with Crippen LogP contribution in [0.5, 0.6) is 23.0 Å². The molecule has 0 unspecified atom stereocenters. The van der Waals surface area contributed by atoms with Gasteiger partial charge in [-0.15, -0.1) is 0 Å². The number of para-hydroxylation sites is 1. The Morgan fingerprint density at radius 3 is 2.30 bits per heavy atom. The average Bonchev–Trinajstić information content (AvgIpc) is 2.77. The topological polar surface area (TPSA) is 68.2 Å². The number of rotatable bonds is 7. The predicted octanol–water partition coefficient (Wildman–Crippen LogP) is 4.12.